The molecule has 0 spiro atoms. The van der Waals surface area contributed by atoms with Crippen molar-refractivity contribution in [2.45, 2.75) is 31.8 Å². The summed E-state index contributed by atoms with van der Waals surface area (Å²) < 4.78 is 5.55. The summed E-state index contributed by atoms with van der Waals surface area (Å²) in [6, 6.07) is 0. The number of morpholine rings is 1. The number of aromatic nitrogens is 3. The highest BCUT2D eigenvalue weighted by atomic mass is 16.5. The summed E-state index contributed by atoms with van der Waals surface area (Å²) >= 11 is 0. The molecule has 0 unspecified atom stereocenters. The normalized spacial score (nSPS) is 24.5. The Bertz CT molecular complexity index is 749. The number of nitrogens with zero attached hydrogens (tertiary/aromatic N) is 3. The molecule has 10 heteroatoms. The smallest absolute Gasteiger partial charge is 0.341 e. The standard InChI is InChI=1S/C18H28N6O4/c25-15-11-28-14(7-19-17(26)16-20-18(27)22-21-16)10-24(15)9-13-3-5-23(6-4-13)8-12-1-2-12/h12-14H,1-11H2,(H,19,26)(H2,20,21,22,27)/t14-/m0/s1. The second-order valence-electron chi connectivity index (χ2n) is 8.16. The van der Waals surface area contributed by atoms with E-state index in [0.717, 1.165) is 38.4 Å². The maximum absolute atomic E-state index is 12.2. The topological polar surface area (TPSA) is 123 Å². The number of carbonyl (C=O) groups is 2. The first-order valence-electron chi connectivity index (χ1n) is 10.1. The number of hydrogen-bond donors (Lipinski definition) is 3. The van der Waals surface area contributed by atoms with Crippen molar-refractivity contribution >= 4 is 11.8 Å². The Labute approximate surface area is 163 Å². The molecule has 3 heterocycles. The van der Waals surface area contributed by atoms with E-state index >= 15 is 0 Å². The van der Waals surface area contributed by atoms with Crippen LogP contribution in [0.1, 0.15) is 36.3 Å². The number of carbonyl (C=O) groups excluding carboxylic acids is 2. The minimum atomic E-state index is -0.529. The first-order chi connectivity index (χ1) is 13.6. The summed E-state index contributed by atoms with van der Waals surface area (Å²) in [5, 5.41) is 8.44. The van der Waals surface area contributed by atoms with Crippen molar-refractivity contribution in [3.63, 3.8) is 0 Å². The van der Waals surface area contributed by atoms with Crippen LogP contribution in [0.15, 0.2) is 4.79 Å². The molecule has 3 N–H and O–H groups in total. The number of ether oxygens (including phenoxy) is 1. The van der Waals surface area contributed by atoms with E-state index in [0.29, 0.717) is 12.5 Å². The number of amides is 2. The molecule has 0 bridgehead atoms. The Morgan fingerprint density at radius 2 is 1.89 bits per heavy atom. The van der Waals surface area contributed by atoms with E-state index in [9.17, 15) is 14.4 Å². The molecule has 2 amide bonds. The van der Waals surface area contributed by atoms with Crippen LogP contribution < -0.4 is 11.0 Å². The number of likely N-dealkylation sites (tertiary alicyclic amines) is 1. The highest BCUT2D eigenvalue weighted by molar-refractivity contribution is 5.90. The maximum Gasteiger partial charge on any atom is 0.341 e. The number of nitrogens with one attached hydrogen (secondary N) is 3. The highest BCUT2D eigenvalue weighted by Crippen LogP contribution is 2.31. The highest BCUT2D eigenvalue weighted by Gasteiger charge is 2.31. The zero-order valence-electron chi connectivity index (χ0n) is 16.0. The second kappa shape index (κ2) is 8.44. The molecule has 3 aliphatic rings. The number of piperidine rings is 1. The average molecular weight is 392 g/mol. The molecule has 3 fully saturated rings. The van der Waals surface area contributed by atoms with Crippen molar-refractivity contribution in [3.8, 4) is 0 Å². The Balaban J connectivity index is 1.21. The van der Waals surface area contributed by atoms with Crippen LogP contribution in [0.5, 0.6) is 0 Å². The summed E-state index contributed by atoms with van der Waals surface area (Å²) in [4.78, 5) is 42.0. The van der Waals surface area contributed by atoms with E-state index in [4.69, 9.17) is 4.74 Å². The third kappa shape index (κ3) is 4.99. The zero-order valence-corrected chi connectivity index (χ0v) is 16.0. The molecule has 28 heavy (non-hydrogen) atoms. The van der Waals surface area contributed by atoms with Gasteiger partial charge >= 0.3 is 5.69 Å². The number of hydrogen-bond acceptors (Lipinski definition) is 6. The molecule has 1 aromatic heterocycles. The Morgan fingerprint density at radius 1 is 1.14 bits per heavy atom. The van der Waals surface area contributed by atoms with Crippen LogP contribution in [0, 0.1) is 11.8 Å². The van der Waals surface area contributed by atoms with Gasteiger partial charge in [0.1, 0.15) is 6.61 Å². The fourth-order valence-electron chi connectivity index (χ4n) is 3.98. The molecular weight excluding hydrogens is 364 g/mol. The van der Waals surface area contributed by atoms with Gasteiger partial charge in [0.15, 0.2) is 0 Å². The molecule has 10 nitrogen and oxygen atoms in total. The summed E-state index contributed by atoms with van der Waals surface area (Å²) in [7, 11) is 0. The summed E-state index contributed by atoms with van der Waals surface area (Å²) in [5.41, 5.74) is -0.529. The molecule has 0 aromatic carbocycles. The van der Waals surface area contributed by atoms with E-state index in [1.807, 2.05) is 4.90 Å². The monoisotopic (exact) mass is 392 g/mol. The van der Waals surface area contributed by atoms with Crippen molar-refractivity contribution < 1.29 is 14.3 Å². The van der Waals surface area contributed by atoms with Gasteiger partial charge in [-0.3, -0.25) is 14.6 Å². The molecule has 2 aliphatic heterocycles. The lowest BCUT2D eigenvalue weighted by atomic mass is 9.95. The minimum Gasteiger partial charge on any atom is -0.365 e. The van der Waals surface area contributed by atoms with Gasteiger partial charge in [-0.05, 0) is 50.6 Å². The third-order valence-electron chi connectivity index (χ3n) is 5.82. The summed E-state index contributed by atoms with van der Waals surface area (Å²) in [6.07, 6.45) is 4.77. The molecule has 2 saturated heterocycles. The van der Waals surface area contributed by atoms with Crippen LogP contribution >= 0.6 is 0 Å². The summed E-state index contributed by atoms with van der Waals surface area (Å²) in [6.45, 7) is 5.03. The Kier molecular flexibility index (Phi) is 5.77. The fraction of sp³-hybridized carbons (Fsp3) is 0.778. The second-order valence-corrected chi connectivity index (χ2v) is 8.16. The molecule has 1 aliphatic carbocycles. The van der Waals surface area contributed by atoms with Crippen molar-refractivity contribution in [1.29, 1.82) is 0 Å². The van der Waals surface area contributed by atoms with Crippen LogP contribution in [-0.2, 0) is 9.53 Å². The molecule has 1 saturated carbocycles. The van der Waals surface area contributed by atoms with E-state index in [1.54, 1.807) is 0 Å². The first-order valence-corrected chi connectivity index (χ1v) is 10.1. The summed E-state index contributed by atoms with van der Waals surface area (Å²) in [5.74, 6) is 0.925. The lowest BCUT2D eigenvalue weighted by molar-refractivity contribution is -0.149. The quantitative estimate of drug-likeness (QED) is 0.557. The molecule has 1 aromatic rings. The number of rotatable bonds is 7. The average Bonchev–Trinajstić information content (AvgIpc) is 3.40. The Morgan fingerprint density at radius 3 is 2.57 bits per heavy atom. The molecule has 4 rings (SSSR count). The molecule has 1 atom stereocenters. The van der Waals surface area contributed by atoms with Gasteiger partial charge in [0.05, 0.1) is 6.10 Å². The van der Waals surface area contributed by atoms with Crippen LogP contribution in [-0.4, -0.2) is 88.8 Å². The van der Waals surface area contributed by atoms with Gasteiger partial charge in [0.2, 0.25) is 11.7 Å². The van der Waals surface area contributed by atoms with Crippen molar-refractivity contribution in [1.82, 2.24) is 30.3 Å². The van der Waals surface area contributed by atoms with Gasteiger partial charge < -0.3 is 19.9 Å². The Hall–Kier alpha value is -2.20. The predicted octanol–water partition coefficient (Wildman–Crippen LogP) is -0.823. The van der Waals surface area contributed by atoms with E-state index < -0.39 is 11.6 Å². The van der Waals surface area contributed by atoms with Crippen molar-refractivity contribution in [3.05, 3.63) is 16.3 Å². The van der Waals surface area contributed by atoms with Crippen LogP contribution in [0.3, 0.4) is 0 Å². The minimum absolute atomic E-state index is 0.0135. The van der Waals surface area contributed by atoms with E-state index in [2.05, 4.69) is 25.4 Å². The first kappa shape index (κ1) is 19.1. The largest absolute Gasteiger partial charge is 0.365 e. The fourth-order valence-corrected chi connectivity index (χ4v) is 3.98. The lowest BCUT2D eigenvalue weighted by Crippen LogP contribution is -2.52. The van der Waals surface area contributed by atoms with Crippen molar-refractivity contribution in [2.24, 2.45) is 11.8 Å². The maximum atomic E-state index is 12.2. The van der Waals surface area contributed by atoms with Gasteiger partial charge in [-0.15, -0.1) is 5.10 Å². The lowest BCUT2D eigenvalue weighted by Gasteiger charge is -2.38. The van der Waals surface area contributed by atoms with E-state index in [1.165, 1.54) is 19.4 Å². The van der Waals surface area contributed by atoms with Gasteiger partial charge in [0.25, 0.3) is 5.91 Å². The van der Waals surface area contributed by atoms with Crippen LogP contribution in [0.4, 0.5) is 0 Å². The molecular formula is C18H28N6O4. The predicted molar refractivity (Wildman–Crippen MR) is 99.7 cm³/mol. The van der Waals surface area contributed by atoms with Gasteiger partial charge in [-0.25, -0.2) is 9.89 Å². The number of aromatic amines is 2. The third-order valence-corrected chi connectivity index (χ3v) is 5.82. The zero-order chi connectivity index (χ0) is 19.5. The number of H-pyrrole nitrogens is 2. The molecule has 154 valence electrons. The van der Waals surface area contributed by atoms with Crippen LogP contribution in [0.25, 0.3) is 0 Å². The molecule has 0 radical (unpaired) electrons. The SMILES string of the molecule is O=C(NC[C@H]1CN(CC2CCN(CC3CC3)CC2)C(=O)CO1)c1n[nH]c(=O)[nH]1. The van der Waals surface area contributed by atoms with E-state index in [-0.39, 0.29) is 31.0 Å². The van der Waals surface area contributed by atoms with Gasteiger partial charge in [0, 0.05) is 26.2 Å². The van der Waals surface area contributed by atoms with Crippen LogP contribution in [0.2, 0.25) is 0 Å². The van der Waals surface area contributed by atoms with Crippen molar-refractivity contribution in [2.75, 3.05) is 45.9 Å². The van der Waals surface area contributed by atoms with Gasteiger partial charge in [-0.2, -0.15) is 0 Å². The van der Waals surface area contributed by atoms with Gasteiger partial charge in [-0.1, -0.05) is 0 Å².